The molecule has 5 nitrogen and oxygen atoms in total. The van der Waals surface area contributed by atoms with Crippen LogP contribution in [0.3, 0.4) is 0 Å². The fourth-order valence-corrected chi connectivity index (χ4v) is 4.12. The zero-order valence-corrected chi connectivity index (χ0v) is 15.8. The van der Waals surface area contributed by atoms with Crippen molar-refractivity contribution < 1.29 is 13.9 Å². The van der Waals surface area contributed by atoms with E-state index in [4.69, 9.17) is 9.15 Å². The molecule has 1 amide bonds. The average molecular weight is 356 g/mol. The lowest BCUT2D eigenvalue weighted by Gasteiger charge is -2.26. The van der Waals surface area contributed by atoms with Crippen LogP contribution in [0.2, 0.25) is 0 Å². The molecule has 0 aliphatic carbocycles. The highest BCUT2D eigenvalue weighted by atomic mass is 16.5. The lowest BCUT2D eigenvalue weighted by Crippen LogP contribution is -2.41. The van der Waals surface area contributed by atoms with Gasteiger partial charge in [-0.2, -0.15) is 0 Å². The van der Waals surface area contributed by atoms with E-state index in [1.807, 2.05) is 30.9 Å². The Morgan fingerprint density at radius 2 is 1.96 bits per heavy atom. The molecule has 2 aromatic rings. The smallest absolute Gasteiger partial charge is 0.289 e. The summed E-state index contributed by atoms with van der Waals surface area (Å²) < 4.78 is 12.0. The van der Waals surface area contributed by atoms with E-state index < -0.39 is 0 Å². The van der Waals surface area contributed by atoms with Gasteiger partial charge in [-0.3, -0.25) is 4.79 Å². The Morgan fingerprint density at radius 3 is 2.77 bits per heavy atom. The van der Waals surface area contributed by atoms with Gasteiger partial charge < -0.3 is 19.0 Å². The number of ether oxygens (including phenoxy) is 1. The summed E-state index contributed by atoms with van der Waals surface area (Å²) in [5.41, 5.74) is 2.87. The number of rotatable bonds is 3. The Bertz CT molecular complexity index is 792. The Morgan fingerprint density at radius 1 is 1.15 bits per heavy atom. The molecule has 4 rings (SSSR count). The van der Waals surface area contributed by atoms with Crippen LogP contribution in [0.25, 0.3) is 11.0 Å². The van der Waals surface area contributed by atoms with Gasteiger partial charge in [-0.25, -0.2) is 0 Å². The van der Waals surface area contributed by atoms with Gasteiger partial charge in [-0.1, -0.05) is 12.1 Å². The lowest BCUT2D eigenvalue weighted by molar-refractivity contribution is 0.0291. The summed E-state index contributed by atoms with van der Waals surface area (Å²) >= 11 is 0. The van der Waals surface area contributed by atoms with Gasteiger partial charge in [0, 0.05) is 37.2 Å². The van der Waals surface area contributed by atoms with Crippen molar-refractivity contribution in [3.8, 4) is 0 Å². The molecular formula is C21H28N2O3. The number of fused-ring (bicyclic) bond motifs is 1. The van der Waals surface area contributed by atoms with Gasteiger partial charge >= 0.3 is 0 Å². The number of hydrogen-bond acceptors (Lipinski definition) is 4. The number of aryl methyl sites for hydroxylation is 2. The molecule has 0 radical (unpaired) electrons. The van der Waals surface area contributed by atoms with Crippen molar-refractivity contribution in [1.82, 2.24) is 9.80 Å². The molecule has 0 bridgehead atoms. The van der Waals surface area contributed by atoms with Crippen molar-refractivity contribution in [2.75, 3.05) is 39.3 Å². The minimum atomic E-state index is -0.00623. The predicted octanol–water partition coefficient (Wildman–Crippen LogP) is 3.38. The van der Waals surface area contributed by atoms with Crippen LogP contribution in [0.5, 0.6) is 0 Å². The van der Waals surface area contributed by atoms with E-state index >= 15 is 0 Å². The second-order valence-electron chi connectivity index (χ2n) is 7.66. The Labute approximate surface area is 154 Å². The van der Waals surface area contributed by atoms with E-state index in [-0.39, 0.29) is 12.0 Å². The minimum absolute atomic E-state index is 0.00623. The SMILES string of the molecule is Cc1ccc2c(C)c(C(=O)N3CCCOC(CN4CCCC4)C3)oc2c1. The average Bonchev–Trinajstić information content (AvgIpc) is 3.17. The third kappa shape index (κ3) is 3.51. The summed E-state index contributed by atoms with van der Waals surface area (Å²) in [6.45, 7) is 9.32. The molecule has 1 aromatic heterocycles. The van der Waals surface area contributed by atoms with Gasteiger partial charge in [0.2, 0.25) is 0 Å². The molecule has 5 heteroatoms. The van der Waals surface area contributed by atoms with E-state index in [9.17, 15) is 4.79 Å². The molecule has 1 aromatic carbocycles. The predicted molar refractivity (Wildman–Crippen MR) is 102 cm³/mol. The third-order valence-electron chi connectivity index (χ3n) is 5.59. The summed E-state index contributed by atoms with van der Waals surface area (Å²) in [5.74, 6) is 0.473. The van der Waals surface area contributed by atoms with Gasteiger partial charge in [0.05, 0.1) is 6.10 Å². The molecule has 2 saturated heterocycles. The first kappa shape index (κ1) is 17.6. The highest BCUT2D eigenvalue weighted by Gasteiger charge is 2.29. The van der Waals surface area contributed by atoms with Crippen LogP contribution in [0, 0.1) is 13.8 Å². The molecule has 0 N–H and O–H groups in total. The van der Waals surface area contributed by atoms with Crippen LogP contribution < -0.4 is 0 Å². The summed E-state index contributed by atoms with van der Waals surface area (Å²) in [5, 5.41) is 1.03. The maximum atomic E-state index is 13.2. The van der Waals surface area contributed by atoms with Gasteiger partial charge in [-0.05, 0) is 57.8 Å². The van der Waals surface area contributed by atoms with Crippen LogP contribution >= 0.6 is 0 Å². The fourth-order valence-electron chi connectivity index (χ4n) is 4.12. The first-order chi connectivity index (χ1) is 12.6. The van der Waals surface area contributed by atoms with Gasteiger partial charge in [0.25, 0.3) is 5.91 Å². The molecule has 0 spiro atoms. The van der Waals surface area contributed by atoms with Crippen LogP contribution in [0.15, 0.2) is 22.6 Å². The van der Waals surface area contributed by atoms with E-state index in [1.54, 1.807) is 0 Å². The maximum absolute atomic E-state index is 13.2. The zero-order valence-electron chi connectivity index (χ0n) is 15.8. The van der Waals surface area contributed by atoms with Crippen LogP contribution in [-0.2, 0) is 4.74 Å². The van der Waals surface area contributed by atoms with E-state index in [0.29, 0.717) is 12.3 Å². The fraction of sp³-hybridized carbons (Fsp3) is 0.571. The monoisotopic (exact) mass is 356 g/mol. The van der Waals surface area contributed by atoms with Crippen molar-refractivity contribution in [3.63, 3.8) is 0 Å². The van der Waals surface area contributed by atoms with E-state index in [1.165, 1.54) is 12.8 Å². The van der Waals surface area contributed by atoms with E-state index in [0.717, 1.165) is 61.3 Å². The number of furan rings is 1. The van der Waals surface area contributed by atoms with Crippen LogP contribution in [-0.4, -0.2) is 61.1 Å². The van der Waals surface area contributed by atoms with Gasteiger partial charge in [-0.15, -0.1) is 0 Å². The molecule has 1 atom stereocenters. The highest BCUT2D eigenvalue weighted by Crippen LogP contribution is 2.27. The highest BCUT2D eigenvalue weighted by molar-refractivity contribution is 5.99. The van der Waals surface area contributed by atoms with Crippen LogP contribution in [0.4, 0.5) is 0 Å². The molecule has 0 saturated carbocycles. The summed E-state index contributed by atoms with van der Waals surface area (Å²) in [4.78, 5) is 17.5. The molecule has 1 unspecified atom stereocenters. The Kier molecular flexibility index (Phi) is 5.00. The molecule has 2 fully saturated rings. The second-order valence-corrected chi connectivity index (χ2v) is 7.66. The van der Waals surface area contributed by atoms with Crippen molar-refractivity contribution in [2.24, 2.45) is 0 Å². The maximum Gasteiger partial charge on any atom is 0.289 e. The van der Waals surface area contributed by atoms with Crippen molar-refractivity contribution >= 4 is 16.9 Å². The number of benzene rings is 1. The lowest BCUT2D eigenvalue weighted by atomic mass is 10.1. The largest absolute Gasteiger partial charge is 0.451 e. The normalized spacial score (nSPS) is 22.1. The first-order valence-electron chi connectivity index (χ1n) is 9.75. The molecule has 2 aliphatic rings. The molecule has 26 heavy (non-hydrogen) atoms. The number of amides is 1. The van der Waals surface area contributed by atoms with Gasteiger partial charge in [0.1, 0.15) is 5.58 Å². The van der Waals surface area contributed by atoms with Gasteiger partial charge in [0.15, 0.2) is 5.76 Å². The van der Waals surface area contributed by atoms with Crippen molar-refractivity contribution in [3.05, 3.63) is 35.1 Å². The number of carbonyl (C=O) groups excluding carboxylic acids is 1. The molecule has 140 valence electrons. The summed E-state index contributed by atoms with van der Waals surface area (Å²) in [7, 11) is 0. The molecule has 3 heterocycles. The third-order valence-corrected chi connectivity index (χ3v) is 5.59. The number of likely N-dealkylation sites (tertiary alicyclic amines) is 1. The molecular weight excluding hydrogens is 328 g/mol. The van der Waals surface area contributed by atoms with Crippen molar-refractivity contribution in [1.29, 1.82) is 0 Å². The summed E-state index contributed by atoms with van der Waals surface area (Å²) in [6, 6.07) is 6.10. The van der Waals surface area contributed by atoms with Crippen molar-refractivity contribution in [2.45, 2.75) is 39.2 Å². The topological polar surface area (TPSA) is 45.9 Å². The molecule has 2 aliphatic heterocycles. The summed E-state index contributed by atoms with van der Waals surface area (Å²) in [6.07, 6.45) is 3.51. The van der Waals surface area contributed by atoms with Crippen LogP contribution in [0.1, 0.15) is 40.9 Å². The number of nitrogens with zero attached hydrogens (tertiary/aromatic N) is 2. The number of hydrogen-bond donors (Lipinski definition) is 0. The standard InChI is InChI=1S/C21H28N2O3/c1-15-6-7-18-16(2)20(26-19(18)12-15)21(24)23-10-5-11-25-17(14-23)13-22-8-3-4-9-22/h6-7,12,17H,3-5,8-11,13-14H2,1-2H3. The zero-order chi connectivity index (χ0) is 18.1. The van der Waals surface area contributed by atoms with E-state index in [2.05, 4.69) is 11.0 Å². The minimum Gasteiger partial charge on any atom is -0.451 e. The Balaban J connectivity index is 1.53. The quantitative estimate of drug-likeness (QED) is 0.846. The number of carbonyl (C=O) groups is 1. The Hall–Kier alpha value is -1.85. The second kappa shape index (κ2) is 7.41. The first-order valence-corrected chi connectivity index (χ1v) is 9.75.